The summed E-state index contributed by atoms with van der Waals surface area (Å²) in [6, 6.07) is 14.6. The zero-order valence-corrected chi connectivity index (χ0v) is 12.8. The lowest BCUT2D eigenvalue weighted by molar-refractivity contribution is 0.217. The molecule has 0 bridgehead atoms. The van der Waals surface area contributed by atoms with Crippen molar-refractivity contribution in [1.29, 1.82) is 5.26 Å². The maximum Gasteiger partial charge on any atom is 0.138 e. The molecule has 0 unspecified atom stereocenters. The molecule has 0 heterocycles. The van der Waals surface area contributed by atoms with E-state index in [0.717, 1.165) is 4.47 Å². The highest BCUT2D eigenvalue weighted by atomic mass is 79.9. The molecule has 0 amide bonds. The van der Waals surface area contributed by atoms with Crippen molar-refractivity contribution in [3.05, 3.63) is 57.5 Å². The summed E-state index contributed by atoms with van der Waals surface area (Å²) in [7, 11) is 0. The molecule has 0 saturated heterocycles. The average Bonchev–Trinajstić information content (AvgIpc) is 2.46. The Balaban J connectivity index is 1.88. The monoisotopic (exact) mass is 351 g/mol. The number of rotatable bonds is 5. The smallest absolute Gasteiger partial charge is 0.138 e. The summed E-state index contributed by atoms with van der Waals surface area (Å²) in [5.41, 5.74) is 0.483. The summed E-state index contributed by atoms with van der Waals surface area (Å²) in [6.45, 7) is 0.687. The van der Waals surface area contributed by atoms with E-state index >= 15 is 0 Å². The lowest BCUT2D eigenvalue weighted by Gasteiger charge is -2.10. The second kappa shape index (κ2) is 7.18. The van der Waals surface area contributed by atoms with Crippen LogP contribution >= 0.6 is 27.5 Å². The summed E-state index contributed by atoms with van der Waals surface area (Å²) < 4.78 is 11.9. The molecule has 3 nitrogen and oxygen atoms in total. The number of nitrogens with zero attached hydrogens (tertiary/aromatic N) is 1. The van der Waals surface area contributed by atoms with Crippen molar-refractivity contribution in [2.24, 2.45) is 0 Å². The van der Waals surface area contributed by atoms with Gasteiger partial charge in [0.15, 0.2) is 0 Å². The van der Waals surface area contributed by atoms with Gasteiger partial charge in [-0.3, -0.25) is 0 Å². The maximum atomic E-state index is 9.01. The molecule has 20 heavy (non-hydrogen) atoms. The van der Waals surface area contributed by atoms with Crippen LogP contribution in [0.4, 0.5) is 0 Å². The van der Waals surface area contributed by atoms with Crippen LogP contribution in [0.15, 0.2) is 46.9 Å². The Hall–Kier alpha value is -1.70. The first kappa shape index (κ1) is 14.7. The third-order valence-electron chi connectivity index (χ3n) is 2.50. The maximum absolute atomic E-state index is 9.01. The number of hydrogen-bond donors (Lipinski definition) is 0. The molecule has 2 aromatic carbocycles. The van der Waals surface area contributed by atoms with Gasteiger partial charge in [0.05, 0.1) is 10.6 Å². The number of benzene rings is 2. The third-order valence-corrected chi connectivity index (χ3v) is 3.30. The summed E-state index contributed by atoms with van der Waals surface area (Å²) in [6.07, 6.45) is 0. The summed E-state index contributed by atoms with van der Waals surface area (Å²) in [5.74, 6) is 1.16. The quantitative estimate of drug-likeness (QED) is 0.747. The van der Waals surface area contributed by atoms with Gasteiger partial charge in [0.2, 0.25) is 0 Å². The molecule has 0 aliphatic rings. The largest absolute Gasteiger partial charge is 0.489 e. The van der Waals surface area contributed by atoms with Gasteiger partial charge in [-0.25, -0.2) is 0 Å². The SMILES string of the molecule is N#Cc1cc(Br)ccc1OCCOc1ccccc1Cl. The fraction of sp³-hybridized carbons (Fsp3) is 0.133. The Kier molecular flexibility index (Phi) is 5.28. The molecular formula is C15H11BrClNO2. The van der Waals surface area contributed by atoms with Crippen LogP contribution in [0.5, 0.6) is 11.5 Å². The highest BCUT2D eigenvalue weighted by Crippen LogP contribution is 2.24. The second-order valence-electron chi connectivity index (χ2n) is 3.88. The van der Waals surface area contributed by atoms with E-state index in [4.69, 9.17) is 26.3 Å². The highest BCUT2D eigenvalue weighted by molar-refractivity contribution is 9.10. The Labute approximate surface area is 130 Å². The normalized spacial score (nSPS) is 9.85. The van der Waals surface area contributed by atoms with E-state index in [0.29, 0.717) is 35.3 Å². The van der Waals surface area contributed by atoms with Crippen molar-refractivity contribution in [2.75, 3.05) is 13.2 Å². The minimum atomic E-state index is 0.335. The molecule has 0 aromatic heterocycles. The van der Waals surface area contributed by atoms with E-state index in [9.17, 15) is 0 Å². The molecule has 0 spiro atoms. The molecule has 0 aliphatic carbocycles. The van der Waals surface area contributed by atoms with Crippen LogP contribution in [0.2, 0.25) is 5.02 Å². The molecular weight excluding hydrogens is 342 g/mol. The molecule has 0 radical (unpaired) electrons. The van der Waals surface area contributed by atoms with Crippen molar-refractivity contribution in [1.82, 2.24) is 0 Å². The van der Waals surface area contributed by atoms with E-state index in [1.807, 2.05) is 18.2 Å². The van der Waals surface area contributed by atoms with Crippen molar-refractivity contribution in [2.45, 2.75) is 0 Å². The zero-order chi connectivity index (χ0) is 14.4. The Morgan fingerprint density at radius 1 is 1.05 bits per heavy atom. The minimum absolute atomic E-state index is 0.335. The Bertz CT molecular complexity index is 640. The fourth-order valence-corrected chi connectivity index (χ4v) is 2.13. The molecule has 0 aliphatic heterocycles. The first-order chi connectivity index (χ1) is 9.70. The van der Waals surface area contributed by atoms with E-state index in [1.54, 1.807) is 24.3 Å². The molecule has 0 atom stereocenters. The predicted molar refractivity (Wildman–Crippen MR) is 81.3 cm³/mol. The molecule has 0 N–H and O–H groups in total. The fourth-order valence-electron chi connectivity index (χ4n) is 1.58. The molecule has 102 valence electrons. The molecule has 0 fully saturated rings. The lowest BCUT2D eigenvalue weighted by Crippen LogP contribution is -2.09. The van der Waals surface area contributed by atoms with E-state index < -0.39 is 0 Å². The van der Waals surface area contributed by atoms with Crippen molar-refractivity contribution in [3.8, 4) is 17.6 Å². The standard InChI is InChI=1S/C15H11BrClNO2/c16-12-5-6-14(11(9-12)10-18)19-7-8-20-15-4-2-1-3-13(15)17/h1-6,9H,7-8H2. The van der Waals surface area contributed by atoms with Crippen molar-refractivity contribution < 1.29 is 9.47 Å². The number of nitriles is 1. The van der Waals surface area contributed by atoms with Gasteiger partial charge in [0, 0.05) is 4.47 Å². The van der Waals surface area contributed by atoms with Gasteiger partial charge in [-0.2, -0.15) is 5.26 Å². The predicted octanol–water partition coefficient (Wildman–Crippen LogP) is 4.43. The van der Waals surface area contributed by atoms with E-state index in [-0.39, 0.29) is 0 Å². The summed E-state index contributed by atoms with van der Waals surface area (Å²) >= 11 is 9.28. The van der Waals surface area contributed by atoms with Crippen LogP contribution in [0.1, 0.15) is 5.56 Å². The first-order valence-electron chi connectivity index (χ1n) is 5.90. The van der Waals surface area contributed by atoms with Gasteiger partial charge >= 0.3 is 0 Å². The van der Waals surface area contributed by atoms with Gasteiger partial charge in [0.1, 0.15) is 30.8 Å². The van der Waals surface area contributed by atoms with Crippen LogP contribution in [0.25, 0.3) is 0 Å². The number of para-hydroxylation sites is 1. The first-order valence-corrected chi connectivity index (χ1v) is 7.07. The van der Waals surface area contributed by atoms with Crippen LogP contribution in [-0.2, 0) is 0 Å². The van der Waals surface area contributed by atoms with Gasteiger partial charge in [-0.15, -0.1) is 0 Å². The van der Waals surface area contributed by atoms with Crippen LogP contribution in [0.3, 0.4) is 0 Å². The number of hydrogen-bond acceptors (Lipinski definition) is 3. The molecule has 2 aromatic rings. The van der Waals surface area contributed by atoms with Crippen molar-refractivity contribution >= 4 is 27.5 Å². The molecule has 2 rings (SSSR count). The van der Waals surface area contributed by atoms with E-state index in [1.165, 1.54) is 0 Å². The second-order valence-corrected chi connectivity index (χ2v) is 5.20. The average molecular weight is 353 g/mol. The molecule has 0 saturated carbocycles. The van der Waals surface area contributed by atoms with Gasteiger partial charge < -0.3 is 9.47 Å². The summed E-state index contributed by atoms with van der Waals surface area (Å²) in [4.78, 5) is 0. The van der Waals surface area contributed by atoms with Crippen LogP contribution < -0.4 is 9.47 Å². The van der Waals surface area contributed by atoms with Crippen molar-refractivity contribution in [3.63, 3.8) is 0 Å². The van der Waals surface area contributed by atoms with E-state index in [2.05, 4.69) is 22.0 Å². The Morgan fingerprint density at radius 3 is 2.45 bits per heavy atom. The highest BCUT2D eigenvalue weighted by Gasteiger charge is 2.04. The minimum Gasteiger partial charge on any atom is -0.489 e. The lowest BCUT2D eigenvalue weighted by atomic mass is 10.2. The van der Waals surface area contributed by atoms with Gasteiger partial charge in [-0.1, -0.05) is 39.7 Å². The number of ether oxygens (including phenoxy) is 2. The summed E-state index contributed by atoms with van der Waals surface area (Å²) in [5, 5.41) is 9.58. The number of halogens is 2. The molecule has 5 heteroatoms. The van der Waals surface area contributed by atoms with Crippen LogP contribution in [-0.4, -0.2) is 13.2 Å². The van der Waals surface area contributed by atoms with Gasteiger partial charge in [0.25, 0.3) is 0 Å². The van der Waals surface area contributed by atoms with Gasteiger partial charge in [-0.05, 0) is 30.3 Å². The topological polar surface area (TPSA) is 42.2 Å². The van der Waals surface area contributed by atoms with Crippen LogP contribution in [0, 0.1) is 11.3 Å². The zero-order valence-electron chi connectivity index (χ0n) is 10.5. The Morgan fingerprint density at radius 2 is 1.75 bits per heavy atom. The third kappa shape index (κ3) is 3.89.